The fourth-order valence-electron chi connectivity index (χ4n) is 1.38. The largest absolute Gasteiger partial charge is 0.481 e. The Morgan fingerprint density at radius 3 is 2.70 bits per heavy atom. The third-order valence-electron chi connectivity index (χ3n) is 2.37. The van der Waals surface area contributed by atoms with E-state index in [-0.39, 0.29) is 0 Å². The molecule has 0 amide bonds. The number of aliphatic carboxylic acids is 1. The van der Waals surface area contributed by atoms with Gasteiger partial charge < -0.3 is 10.4 Å². The van der Waals surface area contributed by atoms with Crippen LogP contribution in [0.1, 0.15) is 19.8 Å². The van der Waals surface area contributed by atoms with Crippen LogP contribution in [0.5, 0.6) is 0 Å². The fraction of sp³-hybridized carbons (Fsp3) is 0.857. The van der Waals surface area contributed by atoms with E-state index in [4.69, 9.17) is 5.11 Å². The average molecular weight is 143 g/mol. The van der Waals surface area contributed by atoms with Crippen LogP contribution in [0.15, 0.2) is 0 Å². The minimum absolute atomic E-state index is 0.458. The average Bonchev–Trinajstić information content (AvgIpc) is 2.35. The summed E-state index contributed by atoms with van der Waals surface area (Å²) in [6, 6.07) is 0. The molecular formula is C7H13NO2. The summed E-state index contributed by atoms with van der Waals surface area (Å²) in [5.74, 6) is -0.653. The molecule has 0 radical (unpaired) electrons. The number of rotatable bonds is 2. The maximum Gasteiger partial charge on any atom is 0.310 e. The highest BCUT2D eigenvalue weighted by Crippen LogP contribution is 2.29. The van der Waals surface area contributed by atoms with Crippen molar-refractivity contribution < 1.29 is 9.90 Å². The van der Waals surface area contributed by atoms with Crippen molar-refractivity contribution in [1.82, 2.24) is 5.32 Å². The maximum absolute atomic E-state index is 10.7. The van der Waals surface area contributed by atoms with Crippen LogP contribution in [0.3, 0.4) is 0 Å². The topological polar surface area (TPSA) is 49.3 Å². The second kappa shape index (κ2) is 2.58. The zero-order chi connectivity index (χ0) is 7.61. The number of hydrogen-bond donors (Lipinski definition) is 2. The molecule has 3 heteroatoms. The standard InChI is InChI=1S/C7H13NO2/c1-2-7(6(9)10)3-4-8-5-7/h8H,2-5H2,1H3,(H,9,10)/t7-/m1/s1. The van der Waals surface area contributed by atoms with E-state index in [1.807, 2.05) is 6.92 Å². The summed E-state index contributed by atoms with van der Waals surface area (Å²) in [5.41, 5.74) is -0.458. The van der Waals surface area contributed by atoms with Gasteiger partial charge in [-0.05, 0) is 19.4 Å². The van der Waals surface area contributed by atoms with E-state index in [1.54, 1.807) is 0 Å². The Kier molecular flexibility index (Phi) is 1.94. The Hall–Kier alpha value is -0.570. The van der Waals surface area contributed by atoms with Gasteiger partial charge in [-0.1, -0.05) is 6.92 Å². The van der Waals surface area contributed by atoms with Crippen molar-refractivity contribution in [2.75, 3.05) is 13.1 Å². The van der Waals surface area contributed by atoms with Gasteiger partial charge in [0.25, 0.3) is 0 Å². The summed E-state index contributed by atoms with van der Waals surface area (Å²) >= 11 is 0. The predicted molar refractivity (Wildman–Crippen MR) is 37.8 cm³/mol. The second-order valence-electron chi connectivity index (χ2n) is 2.87. The van der Waals surface area contributed by atoms with Gasteiger partial charge in [0.05, 0.1) is 5.41 Å². The Bertz CT molecular complexity index is 139. The van der Waals surface area contributed by atoms with Crippen LogP contribution < -0.4 is 5.32 Å². The van der Waals surface area contributed by atoms with Crippen molar-refractivity contribution in [3.63, 3.8) is 0 Å². The van der Waals surface area contributed by atoms with Crippen molar-refractivity contribution in [3.05, 3.63) is 0 Å². The lowest BCUT2D eigenvalue weighted by Gasteiger charge is -2.19. The zero-order valence-electron chi connectivity index (χ0n) is 6.18. The Labute approximate surface area is 60.4 Å². The summed E-state index contributed by atoms with van der Waals surface area (Å²) in [6.07, 6.45) is 1.51. The van der Waals surface area contributed by atoms with Gasteiger partial charge in [-0.15, -0.1) is 0 Å². The van der Waals surface area contributed by atoms with E-state index >= 15 is 0 Å². The van der Waals surface area contributed by atoms with Crippen molar-refractivity contribution in [3.8, 4) is 0 Å². The molecule has 1 fully saturated rings. The molecule has 1 aliphatic rings. The summed E-state index contributed by atoms with van der Waals surface area (Å²) in [4.78, 5) is 10.7. The Balaban J connectivity index is 2.67. The minimum atomic E-state index is -0.653. The van der Waals surface area contributed by atoms with Gasteiger partial charge in [0.15, 0.2) is 0 Å². The van der Waals surface area contributed by atoms with Crippen LogP contribution in [0.2, 0.25) is 0 Å². The monoisotopic (exact) mass is 143 g/mol. The van der Waals surface area contributed by atoms with Gasteiger partial charge in [0, 0.05) is 6.54 Å². The van der Waals surface area contributed by atoms with Crippen molar-refractivity contribution in [2.24, 2.45) is 5.41 Å². The Morgan fingerprint density at radius 2 is 2.50 bits per heavy atom. The van der Waals surface area contributed by atoms with Gasteiger partial charge in [0.1, 0.15) is 0 Å². The highest BCUT2D eigenvalue weighted by atomic mass is 16.4. The first-order valence-electron chi connectivity index (χ1n) is 3.65. The number of hydrogen-bond acceptors (Lipinski definition) is 2. The highest BCUT2D eigenvalue weighted by molar-refractivity contribution is 5.75. The van der Waals surface area contributed by atoms with Crippen molar-refractivity contribution in [2.45, 2.75) is 19.8 Å². The van der Waals surface area contributed by atoms with Crippen LogP contribution in [0.25, 0.3) is 0 Å². The third-order valence-corrected chi connectivity index (χ3v) is 2.37. The zero-order valence-corrected chi connectivity index (χ0v) is 6.18. The van der Waals surface area contributed by atoms with Crippen LogP contribution in [0.4, 0.5) is 0 Å². The molecule has 0 aromatic rings. The molecule has 1 aliphatic heterocycles. The molecule has 2 N–H and O–H groups in total. The summed E-state index contributed by atoms with van der Waals surface area (Å²) in [7, 11) is 0. The van der Waals surface area contributed by atoms with Gasteiger partial charge in [-0.2, -0.15) is 0 Å². The molecule has 3 nitrogen and oxygen atoms in total. The van der Waals surface area contributed by atoms with E-state index < -0.39 is 11.4 Å². The van der Waals surface area contributed by atoms with Gasteiger partial charge in [-0.25, -0.2) is 0 Å². The van der Waals surface area contributed by atoms with Crippen molar-refractivity contribution in [1.29, 1.82) is 0 Å². The number of carboxylic acids is 1. The first-order valence-corrected chi connectivity index (χ1v) is 3.65. The Morgan fingerprint density at radius 1 is 1.80 bits per heavy atom. The smallest absolute Gasteiger partial charge is 0.310 e. The van der Waals surface area contributed by atoms with E-state index in [1.165, 1.54) is 0 Å². The molecule has 0 aliphatic carbocycles. The molecule has 0 bridgehead atoms. The van der Waals surface area contributed by atoms with Gasteiger partial charge in [-0.3, -0.25) is 4.79 Å². The predicted octanol–water partition coefficient (Wildman–Crippen LogP) is 0.461. The summed E-state index contributed by atoms with van der Waals surface area (Å²) in [6.45, 7) is 3.42. The summed E-state index contributed by atoms with van der Waals surface area (Å²) < 4.78 is 0. The van der Waals surface area contributed by atoms with Gasteiger partial charge >= 0.3 is 5.97 Å². The van der Waals surface area contributed by atoms with Crippen LogP contribution >= 0.6 is 0 Å². The highest BCUT2D eigenvalue weighted by Gasteiger charge is 2.39. The molecule has 0 aromatic heterocycles. The third kappa shape index (κ3) is 1.01. The molecule has 1 atom stereocenters. The van der Waals surface area contributed by atoms with Crippen LogP contribution in [-0.2, 0) is 4.79 Å². The first kappa shape index (κ1) is 7.54. The molecule has 1 rings (SSSR count). The van der Waals surface area contributed by atoms with Crippen LogP contribution in [-0.4, -0.2) is 24.2 Å². The second-order valence-corrected chi connectivity index (χ2v) is 2.87. The first-order chi connectivity index (χ1) is 4.71. The van der Waals surface area contributed by atoms with E-state index in [0.717, 1.165) is 19.4 Å². The molecule has 10 heavy (non-hydrogen) atoms. The molecule has 0 saturated carbocycles. The molecular weight excluding hydrogens is 130 g/mol. The molecule has 0 unspecified atom stereocenters. The molecule has 0 spiro atoms. The lowest BCUT2D eigenvalue weighted by atomic mass is 9.85. The van der Waals surface area contributed by atoms with Gasteiger partial charge in [0.2, 0.25) is 0 Å². The number of carboxylic acid groups (broad SMARTS) is 1. The molecule has 58 valence electrons. The number of nitrogens with one attached hydrogen (secondary N) is 1. The quantitative estimate of drug-likeness (QED) is 0.590. The normalized spacial score (nSPS) is 32.5. The minimum Gasteiger partial charge on any atom is -0.481 e. The molecule has 1 heterocycles. The summed E-state index contributed by atoms with van der Waals surface area (Å²) in [5, 5.41) is 11.9. The fourth-order valence-corrected chi connectivity index (χ4v) is 1.38. The molecule has 1 saturated heterocycles. The van der Waals surface area contributed by atoms with E-state index in [9.17, 15) is 4.79 Å². The number of carbonyl (C=O) groups is 1. The lowest BCUT2D eigenvalue weighted by molar-refractivity contribution is -0.147. The SMILES string of the molecule is CC[C@@]1(C(=O)O)CCNC1. The maximum atomic E-state index is 10.7. The van der Waals surface area contributed by atoms with Crippen LogP contribution in [0, 0.1) is 5.41 Å². The molecule has 0 aromatic carbocycles. The lowest BCUT2D eigenvalue weighted by Crippen LogP contribution is -2.32. The van der Waals surface area contributed by atoms with E-state index in [0.29, 0.717) is 6.54 Å². The van der Waals surface area contributed by atoms with Crippen molar-refractivity contribution >= 4 is 5.97 Å². The van der Waals surface area contributed by atoms with E-state index in [2.05, 4.69) is 5.32 Å².